The summed E-state index contributed by atoms with van der Waals surface area (Å²) in [4.78, 5) is 50.4. The smallest absolute Gasteiger partial charge is 0.290 e. The minimum Gasteiger partial charge on any atom is -0.388 e. The molecule has 0 unspecified atom stereocenters. The van der Waals surface area contributed by atoms with E-state index in [1.165, 1.54) is 7.05 Å². The van der Waals surface area contributed by atoms with Crippen LogP contribution in [0.25, 0.3) is 11.1 Å². The van der Waals surface area contributed by atoms with Gasteiger partial charge < -0.3 is 26.2 Å². The number of carbonyl (C=O) groups is 3. The van der Waals surface area contributed by atoms with Crippen molar-refractivity contribution < 1.29 is 23.3 Å². The lowest BCUT2D eigenvalue weighted by atomic mass is 10.1. The van der Waals surface area contributed by atoms with Crippen molar-refractivity contribution in [3.63, 3.8) is 0 Å². The third kappa shape index (κ3) is 6.59. The van der Waals surface area contributed by atoms with E-state index in [-0.39, 0.29) is 22.5 Å². The molecular formula is C28H29FN6O5. The highest BCUT2D eigenvalue weighted by atomic mass is 19.1. The molecular weight excluding hydrogens is 519 g/mol. The van der Waals surface area contributed by atoms with Crippen LogP contribution in [0.4, 0.5) is 21.5 Å². The van der Waals surface area contributed by atoms with E-state index < -0.39 is 17.6 Å². The minimum atomic E-state index is -0.849. The summed E-state index contributed by atoms with van der Waals surface area (Å²) >= 11 is 0. The Balaban J connectivity index is 0.000000336. The lowest BCUT2D eigenvalue weighted by Crippen LogP contribution is -2.19. The fourth-order valence-corrected chi connectivity index (χ4v) is 3.84. The Morgan fingerprint density at radius 3 is 2.40 bits per heavy atom. The summed E-state index contributed by atoms with van der Waals surface area (Å²) in [7, 11) is 3.31. The summed E-state index contributed by atoms with van der Waals surface area (Å²) in [5.74, 6) is -1.50. The molecule has 0 bridgehead atoms. The van der Waals surface area contributed by atoms with Crippen LogP contribution < -0.4 is 27.2 Å². The summed E-state index contributed by atoms with van der Waals surface area (Å²) in [5.41, 5.74) is 7.34. The number of nitrogens with one attached hydrogen (secondary N) is 3. The van der Waals surface area contributed by atoms with E-state index in [1.807, 2.05) is 6.07 Å². The number of amides is 2. The van der Waals surface area contributed by atoms with Crippen molar-refractivity contribution in [2.45, 2.75) is 13.8 Å². The molecule has 4 aromatic rings. The Morgan fingerprint density at radius 1 is 1.15 bits per heavy atom. The third-order valence-electron chi connectivity index (χ3n) is 5.75. The Bertz CT molecular complexity index is 1590. The Labute approximate surface area is 229 Å². The SMILES string of the molecule is CCNc1c(C=O)ncc(F)c1C(=O)Nc1ccc(-c2c(C)on(C)c2=O)cc1.CNc1cccc(C(N)=O)c1. The molecule has 2 aromatic heterocycles. The molecule has 208 valence electrons. The van der Waals surface area contributed by atoms with Crippen LogP contribution in [0.5, 0.6) is 0 Å². The Kier molecular flexibility index (Phi) is 9.52. The van der Waals surface area contributed by atoms with Gasteiger partial charge >= 0.3 is 0 Å². The van der Waals surface area contributed by atoms with Crippen LogP contribution in [-0.2, 0) is 7.05 Å². The van der Waals surface area contributed by atoms with E-state index >= 15 is 0 Å². The first-order valence-electron chi connectivity index (χ1n) is 12.1. The number of primary amides is 1. The van der Waals surface area contributed by atoms with Gasteiger partial charge in [0.1, 0.15) is 17.0 Å². The van der Waals surface area contributed by atoms with Crippen LogP contribution in [0.15, 0.2) is 64.0 Å². The molecule has 11 nitrogen and oxygen atoms in total. The number of pyridine rings is 1. The van der Waals surface area contributed by atoms with Gasteiger partial charge in [0.25, 0.3) is 11.5 Å². The summed E-state index contributed by atoms with van der Waals surface area (Å²) in [6, 6.07) is 13.5. The number of anilines is 3. The van der Waals surface area contributed by atoms with Gasteiger partial charge in [-0.3, -0.25) is 19.2 Å². The highest BCUT2D eigenvalue weighted by molar-refractivity contribution is 6.10. The molecule has 0 saturated heterocycles. The third-order valence-corrected chi connectivity index (χ3v) is 5.75. The number of nitrogens with two attached hydrogens (primary N) is 1. The van der Waals surface area contributed by atoms with Gasteiger partial charge in [-0.15, -0.1) is 0 Å². The minimum absolute atomic E-state index is 0.0362. The number of carbonyl (C=O) groups excluding carboxylic acids is 3. The number of halogens is 1. The molecule has 40 heavy (non-hydrogen) atoms. The number of aryl methyl sites for hydroxylation is 2. The molecule has 5 N–H and O–H groups in total. The fraction of sp³-hybridized carbons (Fsp3) is 0.179. The molecule has 0 aliphatic rings. The van der Waals surface area contributed by atoms with E-state index in [0.29, 0.717) is 41.0 Å². The van der Waals surface area contributed by atoms with E-state index in [1.54, 1.807) is 63.4 Å². The summed E-state index contributed by atoms with van der Waals surface area (Å²) in [6.45, 7) is 3.81. The summed E-state index contributed by atoms with van der Waals surface area (Å²) in [5, 5.41) is 8.31. The van der Waals surface area contributed by atoms with Gasteiger partial charge in [-0.1, -0.05) is 18.2 Å². The van der Waals surface area contributed by atoms with Crippen molar-refractivity contribution in [2.24, 2.45) is 12.8 Å². The second-order valence-corrected chi connectivity index (χ2v) is 8.44. The van der Waals surface area contributed by atoms with Crippen molar-refractivity contribution in [1.82, 2.24) is 9.72 Å². The van der Waals surface area contributed by atoms with Crippen LogP contribution in [-0.4, -0.2) is 41.4 Å². The van der Waals surface area contributed by atoms with E-state index in [4.69, 9.17) is 10.3 Å². The maximum absolute atomic E-state index is 14.3. The quantitative estimate of drug-likeness (QED) is 0.242. The maximum Gasteiger partial charge on any atom is 0.290 e. The van der Waals surface area contributed by atoms with Crippen LogP contribution in [0.1, 0.15) is 43.9 Å². The topological polar surface area (TPSA) is 161 Å². The van der Waals surface area contributed by atoms with Crippen LogP contribution >= 0.6 is 0 Å². The van der Waals surface area contributed by atoms with Gasteiger partial charge in [0, 0.05) is 37.6 Å². The molecule has 2 heterocycles. The van der Waals surface area contributed by atoms with Gasteiger partial charge in [0.05, 0.1) is 17.4 Å². The average molecular weight is 549 g/mol. The molecule has 0 atom stereocenters. The van der Waals surface area contributed by atoms with E-state index in [2.05, 4.69) is 20.9 Å². The fourth-order valence-electron chi connectivity index (χ4n) is 3.84. The number of aldehydes is 1. The first kappa shape index (κ1) is 29.3. The number of benzene rings is 2. The standard InChI is InChI=1S/C20H19FN4O4.C8H10N2O/c1-4-22-18-15(10-26)23-9-14(21)17(18)19(27)24-13-7-5-12(6-8-13)16-11(2)29-25(3)20(16)28;1-10-7-4-2-3-6(5-7)8(9)11/h5-10,22H,4H2,1-3H3,(H,24,27);2-5,10H,1H3,(H2,9,11). The summed E-state index contributed by atoms with van der Waals surface area (Å²) < 4.78 is 20.7. The lowest BCUT2D eigenvalue weighted by molar-refractivity contribution is 0.0996. The molecule has 0 spiro atoms. The Hall–Kier alpha value is -5.26. The molecule has 12 heteroatoms. The van der Waals surface area contributed by atoms with Crippen LogP contribution in [0.2, 0.25) is 0 Å². The normalized spacial score (nSPS) is 10.2. The van der Waals surface area contributed by atoms with Gasteiger partial charge in [-0.2, -0.15) is 4.74 Å². The number of rotatable bonds is 8. The highest BCUT2D eigenvalue weighted by Crippen LogP contribution is 2.25. The average Bonchev–Trinajstić information content (AvgIpc) is 3.20. The Morgan fingerprint density at radius 2 is 1.85 bits per heavy atom. The molecule has 0 saturated carbocycles. The molecule has 0 fully saturated rings. The van der Waals surface area contributed by atoms with Gasteiger partial charge in [0.2, 0.25) is 5.91 Å². The van der Waals surface area contributed by atoms with Gasteiger partial charge in [-0.25, -0.2) is 9.37 Å². The van der Waals surface area contributed by atoms with Gasteiger partial charge in [0.15, 0.2) is 12.1 Å². The van der Waals surface area contributed by atoms with Crippen molar-refractivity contribution >= 4 is 35.2 Å². The predicted octanol–water partition coefficient (Wildman–Crippen LogP) is 3.81. The van der Waals surface area contributed by atoms with Crippen LogP contribution in [0.3, 0.4) is 0 Å². The number of hydrogen-bond donors (Lipinski definition) is 4. The molecule has 4 rings (SSSR count). The van der Waals surface area contributed by atoms with Crippen molar-refractivity contribution in [3.05, 3.63) is 93.5 Å². The summed E-state index contributed by atoms with van der Waals surface area (Å²) in [6.07, 6.45) is 1.29. The maximum atomic E-state index is 14.3. The number of aromatic nitrogens is 2. The number of hydrogen-bond acceptors (Lipinski definition) is 8. The zero-order valence-electron chi connectivity index (χ0n) is 22.4. The first-order chi connectivity index (χ1) is 19.1. The second kappa shape index (κ2) is 13.0. The predicted molar refractivity (Wildman–Crippen MR) is 150 cm³/mol. The highest BCUT2D eigenvalue weighted by Gasteiger charge is 2.21. The monoisotopic (exact) mass is 548 g/mol. The van der Waals surface area contributed by atoms with Gasteiger partial charge in [-0.05, 0) is 49.7 Å². The van der Waals surface area contributed by atoms with Crippen molar-refractivity contribution in [1.29, 1.82) is 0 Å². The van der Waals surface area contributed by atoms with E-state index in [9.17, 15) is 23.6 Å². The largest absolute Gasteiger partial charge is 0.388 e. The van der Waals surface area contributed by atoms with Crippen molar-refractivity contribution in [2.75, 3.05) is 29.5 Å². The molecule has 0 aliphatic heterocycles. The van der Waals surface area contributed by atoms with Crippen LogP contribution in [0, 0.1) is 12.7 Å². The van der Waals surface area contributed by atoms with E-state index in [0.717, 1.165) is 16.6 Å². The van der Waals surface area contributed by atoms with Crippen molar-refractivity contribution in [3.8, 4) is 11.1 Å². The molecule has 0 aliphatic carbocycles. The zero-order chi connectivity index (χ0) is 29.4. The second-order valence-electron chi connectivity index (χ2n) is 8.44. The molecule has 0 radical (unpaired) electrons. The first-order valence-corrected chi connectivity index (χ1v) is 12.1. The lowest BCUT2D eigenvalue weighted by Gasteiger charge is -2.13. The molecule has 2 amide bonds. The molecule has 2 aromatic carbocycles. The number of nitrogens with zero attached hydrogens (tertiary/aromatic N) is 2. The zero-order valence-corrected chi connectivity index (χ0v) is 22.4.